The van der Waals surface area contributed by atoms with Crippen LogP contribution in [0.5, 0.6) is 0 Å². The molecule has 8 nitrogen and oxygen atoms in total. The number of halogens is 2. The Morgan fingerprint density at radius 2 is 2.26 bits per heavy atom. The van der Waals surface area contributed by atoms with E-state index < -0.39 is 23.9 Å². The van der Waals surface area contributed by atoms with Gasteiger partial charge in [-0.05, 0) is 18.2 Å². The van der Waals surface area contributed by atoms with Crippen molar-refractivity contribution < 1.29 is 23.5 Å². The van der Waals surface area contributed by atoms with Crippen molar-refractivity contribution in [2.75, 3.05) is 23.3 Å². The summed E-state index contributed by atoms with van der Waals surface area (Å²) in [5, 5.41) is 5.25. The molecule has 2 heterocycles. The van der Waals surface area contributed by atoms with Crippen molar-refractivity contribution in [1.29, 1.82) is 0 Å². The number of anilines is 2. The molecule has 0 radical (unpaired) electrons. The average Bonchev–Trinajstić information content (AvgIpc) is 3.18. The van der Waals surface area contributed by atoms with Gasteiger partial charge in [-0.2, -0.15) is 0 Å². The number of nitrogens with zero attached hydrogens (tertiary/aromatic N) is 2. The first-order chi connectivity index (χ1) is 12.8. The lowest BCUT2D eigenvalue weighted by molar-refractivity contribution is -0.119. The van der Waals surface area contributed by atoms with Crippen molar-refractivity contribution in [3.05, 3.63) is 40.1 Å². The first-order valence-corrected chi connectivity index (χ1v) is 8.97. The van der Waals surface area contributed by atoms with Crippen LogP contribution in [0.1, 0.15) is 17.3 Å². The number of thiazole rings is 1. The number of benzene rings is 1. The van der Waals surface area contributed by atoms with E-state index in [0.29, 0.717) is 4.34 Å². The lowest BCUT2D eigenvalue weighted by Crippen LogP contribution is -2.33. The van der Waals surface area contributed by atoms with E-state index in [-0.39, 0.29) is 35.4 Å². The summed E-state index contributed by atoms with van der Waals surface area (Å²) in [5.41, 5.74) is 0.0455. The van der Waals surface area contributed by atoms with Crippen molar-refractivity contribution in [1.82, 2.24) is 10.3 Å². The molecule has 0 bridgehead atoms. The van der Waals surface area contributed by atoms with Crippen LogP contribution >= 0.6 is 22.9 Å². The van der Waals surface area contributed by atoms with Crippen LogP contribution in [0.4, 0.5) is 20.0 Å². The van der Waals surface area contributed by atoms with Gasteiger partial charge in [-0.15, -0.1) is 0 Å². The van der Waals surface area contributed by atoms with Crippen LogP contribution in [0.3, 0.4) is 0 Å². The number of carbonyl (C=O) groups is 3. The Morgan fingerprint density at radius 3 is 2.89 bits per heavy atom. The van der Waals surface area contributed by atoms with Gasteiger partial charge in [0.15, 0.2) is 5.13 Å². The molecule has 2 N–H and O–H groups in total. The van der Waals surface area contributed by atoms with Crippen LogP contribution in [0.2, 0.25) is 4.34 Å². The summed E-state index contributed by atoms with van der Waals surface area (Å²) in [6, 6.07) is 3.78. The Morgan fingerprint density at radius 1 is 1.48 bits per heavy atom. The van der Waals surface area contributed by atoms with Crippen molar-refractivity contribution in [3.8, 4) is 0 Å². The molecule has 0 saturated carbocycles. The number of aromatic nitrogens is 1. The van der Waals surface area contributed by atoms with E-state index in [4.69, 9.17) is 16.3 Å². The maximum atomic E-state index is 14.4. The Hall–Kier alpha value is -2.72. The van der Waals surface area contributed by atoms with Gasteiger partial charge in [-0.1, -0.05) is 22.9 Å². The number of rotatable bonds is 5. The van der Waals surface area contributed by atoms with E-state index in [1.807, 2.05) is 0 Å². The van der Waals surface area contributed by atoms with Crippen LogP contribution in [0.25, 0.3) is 0 Å². The molecule has 0 unspecified atom stereocenters. The van der Waals surface area contributed by atoms with Gasteiger partial charge < -0.3 is 10.1 Å². The van der Waals surface area contributed by atoms with Crippen LogP contribution in [0, 0.1) is 5.82 Å². The summed E-state index contributed by atoms with van der Waals surface area (Å²) >= 11 is 6.79. The molecule has 1 atom stereocenters. The van der Waals surface area contributed by atoms with Crippen LogP contribution in [-0.4, -0.2) is 42.1 Å². The zero-order valence-electron chi connectivity index (χ0n) is 14.0. The SMILES string of the molecule is CC(=O)NC[C@H]1CN(c2ccc(C(=O)Nc3ncc(Cl)s3)c(F)c2)C(=O)O1. The summed E-state index contributed by atoms with van der Waals surface area (Å²) in [6.07, 6.45) is 0.180. The molecule has 142 valence electrons. The lowest BCUT2D eigenvalue weighted by Gasteiger charge is -2.14. The number of ether oxygens (including phenoxy) is 1. The van der Waals surface area contributed by atoms with Crippen LogP contribution in [0.15, 0.2) is 24.4 Å². The van der Waals surface area contributed by atoms with Crippen LogP contribution < -0.4 is 15.5 Å². The third kappa shape index (κ3) is 4.52. The van der Waals surface area contributed by atoms with Gasteiger partial charge in [0.25, 0.3) is 5.91 Å². The predicted octanol–water partition coefficient (Wildman–Crippen LogP) is 2.65. The monoisotopic (exact) mass is 412 g/mol. The molecule has 1 aliphatic rings. The molecular formula is C16H14ClFN4O4S. The number of hydrogen-bond donors (Lipinski definition) is 2. The van der Waals surface area contributed by atoms with E-state index in [1.54, 1.807) is 0 Å². The molecule has 1 fully saturated rings. The van der Waals surface area contributed by atoms with E-state index in [9.17, 15) is 18.8 Å². The topological polar surface area (TPSA) is 101 Å². The third-order valence-electron chi connectivity index (χ3n) is 3.66. The number of hydrogen-bond acceptors (Lipinski definition) is 6. The largest absolute Gasteiger partial charge is 0.442 e. The second-order valence-electron chi connectivity index (χ2n) is 5.64. The third-order valence-corrected chi connectivity index (χ3v) is 4.69. The highest BCUT2D eigenvalue weighted by Gasteiger charge is 2.33. The van der Waals surface area contributed by atoms with Gasteiger partial charge in [0.05, 0.1) is 30.5 Å². The minimum Gasteiger partial charge on any atom is -0.442 e. The van der Waals surface area contributed by atoms with E-state index >= 15 is 0 Å². The Bertz CT molecular complexity index is 906. The summed E-state index contributed by atoms with van der Waals surface area (Å²) in [7, 11) is 0. The second kappa shape index (κ2) is 7.89. The highest BCUT2D eigenvalue weighted by molar-refractivity contribution is 7.19. The Balaban J connectivity index is 1.70. The van der Waals surface area contributed by atoms with Gasteiger partial charge in [-0.25, -0.2) is 14.2 Å². The molecule has 2 aromatic rings. The normalized spacial score (nSPS) is 16.2. The number of carbonyl (C=O) groups excluding carboxylic acids is 3. The fourth-order valence-corrected chi connectivity index (χ4v) is 3.24. The molecule has 1 aromatic carbocycles. The lowest BCUT2D eigenvalue weighted by atomic mass is 10.1. The molecule has 0 spiro atoms. The smallest absolute Gasteiger partial charge is 0.414 e. The first-order valence-electron chi connectivity index (χ1n) is 7.78. The highest BCUT2D eigenvalue weighted by Crippen LogP contribution is 2.26. The van der Waals surface area contributed by atoms with Crippen molar-refractivity contribution in [2.45, 2.75) is 13.0 Å². The molecule has 1 aromatic heterocycles. The van der Waals surface area contributed by atoms with Crippen LogP contribution in [-0.2, 0) is 9.53 Å². The summed E-state index contributed by atoms with van der Waals surface area (Å²) in [4.78, 5) is 40.2. The maximum Gasteiger partial charge on any atom is 0.414 e. The predicted molar refractivity (Wildman–Crippen MR) is 97.8 cm³/mol. The molecule has 3 amide bonds. The standard InChI is InChI=1S/C16H14ClFN4O4S/c1-8(23)19-5-10-7-22(16(25)26-10)9-2-3-11(12(18)4-9)14(24)21-15-20-6-13(17)27-15/h2-4,6,10H,5,7H2,1H3,(H,19,23)(H,20,21,24)/t10-/m0/s1. The Kier molecular flexibility index (Phi) is 5.57. The van der Waals surface area contributed by atoms with Crippen molar-refractivity contribution >= 4 is 51.7 Å². The first kappa shape index (κ1) is 19.1. The molecule has 11 heteroatoms. The molecule has 1 aliphatic heterocycles. The highest BCUT2D eigenvalue weighted by atomic mass is 35.5. The van der Waals surface area contributed by atoms with Gasteiger partial charge in [-0.3, -0.25) is 19.8 Å². The molecule has 0 aliphatic carbocycles. The summed E-state index contributed by atoms with van der Waals surface area (Å²) < 4.78 is 19.9. The number of nitrogens with one attached hydrogen (secondary N) is 2. The fraction of sp³-hybridized carbons (Fsp3) is 0.250. The molecule has 1 saturated heterocycles. The zero-order valence-corrected chi connectivity index (χ0v) is 15.6. The fourth-order valence-electron chi connectivity index (χ4n) is 2.43. The number of amides is 3. The molecule has 27 heavy (non-hydrogen) atoms. The van der Waals surface area contributed by atoms with Gasteiger partial charge in [0.1, 0.15) is 16.3 Å². The summed E-state index contributed by atoms with van der Waals surface area (Å²) in [5.74, 6) is -1.73. The van der Waals surface area contributed by atoms with Crippen molar-refractivity contribution in [3.63, 3.8) is 0 Å². The van der Waals surface area contributed by atoms with Gasteiger partial charge in [0, 0.05) is 6.92 Å². The van der Waals surface area contributed by atoms with Gasteiger partial charge in [0.2, 0.25) is 5.91 Å². The Labute approximate surface area is 162 Å². The second-order valence-corrected chi connectivity index (χ2v) is 7.30. The van der Waals surface area contributed by atoms with E-state index in [0.717, 1.165) is 17.4 Å². The van der Waals surface area contributed by atoms with Crippen molar-refractivity contribution in [2.24, 2.45) is 0 Å². The minimum atomic E-state index is -0.800. The average molecular weight is 413 g/mol. The van der Waals surface area contributed by atoms with E-state index in [1.165, 1.54) is 30.2 Å². The molecular weight excluding hydrogens is 399 g/mol. The maximum absolute atomic E-state index is 14.4. The van der Waals surface area contributed by atoms with E-state index in [2.05, 4.69) is 15.6 Å². The quantitative estimate of drug-likeness (QED) is 0.786. The molecule has 3 rings (SSSR count). The number of cyclic esters (lactones) is 1. The minimum absolute atomic E-state index is 0.154. The summed E-state index contributed by atoms with van der Waals surface area (Å²) in [6.45, 7) is 1.67. The zero-order chi connectivity index (χ0) is 19.6. The van der Waals surface area contributed by atoms with Gasteiger partial charge >= 0.3 is 6.09 Å².